The first-order valence-electron chi connectivity index (χ1n) is 25.5. The van der Waals surface area contributed by atoms with Gasteiger partial charge in [0.05, 0.1) is 68.1 Å². The largest absolute Gasteiger partial charge is 0.309 e. The minimum Gasteiger partial charge on any atom is -0.309 e. The zero-order valence-corrected chi connectivity index (χ0v) is 41.2. The number of rotatable bonds is 9. The van der Waals surface area contributed by atoms with Crippen molar-refractivity contribution in [2.45, 2.75) is 6.92 Å². The Kier molecular flexibility index (Phi) is 9.89. The average Bonchev–Trinajstić information content (AvgIpc) is 4.33. The fourth-order valence-electron chi connectivity index (χ4n) is 11.5. The van der Waals surface area contributed by atoms with E-state index in [4.69, 9.17) is 20.2 Å². The molecule has 358 valence electrons. The van der Waals surface area contributed by atoms with Crippen LogP contribution in [0.1, 0.15) is 11.1 Å². The SMILES string of the molecule is Cc1ccc2c3ccccc3n(-c3cccc(-c4cncc(-c5ccc6c(c5)c5ccc7c(cnn7-c7ccccc7)c5n6-c5ccc6c(c5)c5ccccc5n6-c5ccccc5)c4)n3)c2c1/C=N\Nc1ccccc1. The highest BCUT2D eigenvalue weighted by atomic mass is 15.3. The topological polar surface area (TPSA) is 82.8 Å². The van der Waals surface area contributed by atoms with Crippen molar-refractivity contribution >= 4 is 88.2 Å². The molecule has 0 saturated carbocycles. The van der Waals surface area contributed by atoms with Gasteiger partial charge < -0.3 is 9.13 Å². The number of fused-ring (bicyclic) bond motifs is 11. The summed E-state index contributed by atoms with van der Waals surface area (Å²) in [6.45, 7) is 2.13. The van der Waals surface area contributed by atoms with Crippen LogP contribution >= 0.6 is 0 Å². The Labute approximate surface area is 436 Å². The van der Waals surface area contributed by atoms with Gasteiger partial charge in [0.15, 0.2) is 0 Å². The summed E-state index contributed by atoms with van der Waals surface area (Å²) >= 11 is 0. The molecule has 0 saturated heterocycles. The van der Waals surface area contributed by atoms with E-state index in [0.717, 1.165) is 122 Å². The quantitative estimate of drug-likeness (QED) is 0.115. The third-order valence-electron chi connectivity index (χ3n) is 15.0. The van der Waals surface area contributed by atoms with Gasteiger partial charge in [-0.05, 0) is 127 Å². The third-order valence-corrected chi connectivity index (χ3v) is 15.0. The van der Waals surface area contributed by atoms with Crippen LogP contribution in [0.4, 0.5) is 5.69 Å². The van der Waals surface area contributed by atoms with E-state index >= 15 is 0 Å². The lowest BCUT2D eigenvalue weighted by molar-refractivity contribution is 0.911. The Balaban J connectivity index is 0.872. The van der Waals surface area contributed by atoms with E-state index in [0.29, 0.717) is 0 Å². The number of aryl methyl sites for hydroxylation is 1. The van der Waals surface area contributed by atoms with Crippen LogP contribution in [-0.4, -0.2) is 39.7 Å². The van der Waals surface area contributed by atoms with Gasteiger partial charge >= 0.3 is 0 Å². The molecule has 15 aromatic rings. The number of aromatic nitrogens is 7. The number of nitrogens with one attached hydrogen (secondary N) is 1. The van der Waals surface area contributed by atoms with Crippen LogP contribution in [0.15, 0.2) is 248 Å². The molecule has 15 rings (SSSR count). The fraction of sp³-hybridized carbons (Fsp3) is 0.0149. The highest BCUT2D eigenvalue weighted by Gasteiger charge is 2.22. The molecule has 0 radical (unpaired) electrons. The lowest BCUT2D eigenvalue weighted by Gasteiger charge is -2.12. The van der Waals surface area contributed by atoms with Crippen LogP contribution < -0.4 is 5.43 Å². The number of hydrazone groups is 1. The van der Waals surface area contributed by atoms with E-state index in [9.17, 15) is 0 Å². The lowest BCUT2D eigenvalue weighted by Crippen LogP contribution is -2.02. The molecule has 0 aliphatic heterocycles. The summed E-state index contributed by atoms with van der Waals surface area (Å²) < 4.78 is 9.11. The number of hydrogen-bond acceptors (Lipinski definition) is 5. The van der Waals surface area contributed by atoms with Gasteiger partial charge in [-0.2, -0.15) is 10.2 Å². The van der Waals surface area contributed by atoms with Crippen molar-refractivity contribution in [1.82, 2.24) is 33.4 Å². The number of nitrogens with zero attached hydrogens (tertiary/aromatic N) is 8. The molecule has 6 aromatic heterocycles. The zero-order valence-electron chi connectivity index (χ0n) is 41.2. The Hall–Kier alpha value is -10.4. The summed E-state index contributed by atoms with van der Waals surface area (Å²) in [5.74, 6) is 0.810. The molecule has 76 heavy (non-hydrogen) atoms. The van der Waals surface area contributed by atoms with Crippen LogP contribution in [-0.2, 0) is 0 Å². The summed E-state index contributed by atoms with van der Waals surface area (Å²) in [4.78, 5) is 10.3. The first kappa shape index (κ1) is 43.2. The Bertz CT molecular complexity index is 4790. The predicted octanol–water partition coefficient (Wildman–Crippen LogP) is 16.2. The second-order valence-electron chi connectivity index (χ2n) is 19.4. The van der Waals surface area contributed by atoms with Gasteiger partial charge in [0.25, 0.3) is 0 Å². The molecule has 9 aromatic carbocycles. The van der Waals surface area contributed by atoms with Gasteiger partial charge in [0, 0.05) is 78.2 Å². The molecular formula is C67H45N9. The van der Waals surface area contributed by atoms with Crippen molar-refractivity contribution in [3.63, 3.8) is 0 Å². The van der Waals surface area contributed by atoms with Crippen LogP contribution in [0.5, 0.6) is 0 Å². The fourth-order valence-corrected chi connectivity index (χ4v) is 11.5. The molecule has 9 nitrogen and oxygen atoms in total. The van der Waals surface area contributed by atoms with Crippen molar-refractivity contribution in [3.8, 4) is 45.3 Å². The van der Waals surface area contributed by atoms with Gasteiger partial charge in [-0.3, -0.25) is 15.0 Å². The van der Waals surface area contributed by atoms with E-state index in [1.807, 2.05) is 65.9 Å². The average molecular weight is 976 g/mol. The van der Waals surface area contributed by atoms with Crippen molar-refractivity contribution in [3.05, 3.63) is 254 Å². The van der Waals surface area contributed by atoms with Crippen molar-refractivity contribution < 1.29 is 0 Å². The number of pyridine rings is 2. The first-order valence-corrected chi connectivity index (χ1v) is 25.5. The maximum atomic E-state index is 5.41. The highest BCUT2D eigenvalue weighted by Crippen LogP contribution is 2.42. The van der Waals surface area contributed by atoms with E-state index in [-0.39, 0.29) is 0 Å². The van der Waals surface area contributed by atoms with Gasteiger partial charge in [0.1, 0.15) is 5.82 Å². The second-order valence-corrected chi connectivity index (χ2v) is 19.4. The van der Waals surface area contributed by atoms with Crippen molar-refractivity contribution in [2.24, 2.45) is 5.10 Å². The summed E-state index contributed by atoms with van der Waals surface area (Å²) in [7, 11) is 0. The molecule has 0 unspecified atom stereocenters. The molecule has 1 N–H and O–H groups in total. The zero-order chi connectivity index (χ0) is 50.3. The number of hydrogen-bond donors (Lipinski definition) is 1. The van der Waals surface area contributed by atoms with Crippen LogP contribution in [0.2, 0.25) is 0 Å². The summed E-state index contributed by atoms with van der Waals surface area (Å²) in [5, 5.41) is 17.8. The van der Waals surface area contributed by atoms with Crippen LogP contribution in [0, 0.1) is 6.92 Å². The third kappa shape index (κ3) is 6.87. The van der Waals surface area contributed by atoms with Crippen molar-refractivity contribution in [1.29, 1.82) is 0 Å². The number of para-hydroxylation sites is 5. The Morgan fingerprint density at radius 3 is 1.86 bits per heavy atom. The van der Waals surface area contributed by atoms with Crippen molar-refractivity contribution in [2.75, 3.05) is 5.43 Å². The van der Waals surface area contributed by atoms with Crippen LogP contribution in [0.25, 0.3) is 122 Å². The molecule has 0 bridgehead atoms. The molecule has 0 amide bonds. The molecule has 9 heteroatoms. The molecule has 0 aliphatic rings. The predicted molar refractivity (Wildman–Crippen MR) is 313 cm³/mol. The molecule has 0 atom stereocenters. The molecule has 0 spiro atoms. The minimum atomic E-state index is 0.810. The minimum absolute atomic E-state index is 0.810. The maximum absolute atomic E-state index is 5.41. The standard InChI is InChI=1S/C67H45N9/c1-43-28-31-53-51-22-11-14-26-61(51)75(66(53)57(43)41-69-72-47-16-5-2-6-17-47)65-27-15-24-59(71-65)46-36-45(39-68-40-46)44-29-33-63-55(37-44)54-32-35-64-58(42-70-76(64)49-20-9-4-10-21-49)67(54)74(63)50-30-34-62-56(38-50)52-23-12-13-25-60(52)73(62)48-18-7-3-8-19-48/h2-42,72H,1H3/b69-41-. The number of benzene rings is 9. The normalized spacial score (nSPS) is 12.0. The maximum Gasteiger partial charge on any atom is 0.138 e. The van der Waals surface area contributed by atoms with Crippen LogP contribution in [0.3, 0.4) is 0 Å². The van der Waals surface area contributed by atoms with E-state index in [1.165, 1.54) is 16.3 Å². The molecule has 6 heterocycles. The lowest BCUT2D eigenvalue weighted by atomic mass is 10.0. The second kappa shape index (κ2) is 17.4. The van der Waals surface area contributed by atoms with Gasteiger partial charge in [0.2, 0.25) is 0 Å². The highest BCUT2D eigenvalue weighted by molar-refractivity contribution is 6.20. The monoisotopic (exact) mass is 975 g/mol. The van der Waals surface area contributed by atoms with E-state index in [1.54, 1.807) is 0 Å². The molecule has 0 fully saturated rings. The summed E-state index contributed by atoms with van der Waals surface area (Å²) in [6.07, 6.45) is 7.82. The Morgan fingerprint density at radius 2 is 1.04 bits per heavy atom. The van der Waals surface area contributed by atoms with Gasteiger partial charge in [-0.25, -0.2) is 9.67 Å². The number of anilines is 1. The smallest absolute Gasteiger partial charge is 0.138 e. The molecule has 0 aliphatic carbocycles. The van der Waals surface area contributed by atoms with Gasteiger partial charge in [-0.15, -0.1) is 0 Å². The summed E-state index contributed by atoms with van der Waals surface area (Å²) in [6, 6.07) is 79.3. The van der Waals surface area contributed by atoms with Gasteiger partial charge in [-0.1, -0.05) is 115 Å². The van der Waals surface area contributed by atoms with E-state index in [2.05, 4.69) is 214 Å². The first-order chi connectivity index (χ1) is 37.6. The van der Waals surface area contributed by atoms with E-state index < -0.39 is 0 Å². The summed E-state index contributed by atoms with van der Waals surface area (Å²) in [5.41, 5.74) is 21.0. The molecular weight excluding hydrogens is 931 g/mol. The Morgan fingerprint density at radius 1 is 0.408 bits per heavy atom.